The van der Waals surface area contributed by atoms with Crippen LogP contribution in [0.1, 0.15) is 12.5 Å². The SMILES string of the molecule is CCOc1ccc(CNC(=O)N2CCN(C)CC2)cc1. The number of benzene rings is 1. The van der Waals surface area contributed by atoms with Gasteiger partial charge in [0.05, 0.1) is 6.61 Å². The Morgan fingerprint density at radius 3 is 2.45 bits per heavy atom. The van der Waals surface area contributed by atoms with Crippen molar-refractivity contribution in [2.45, 2.75) is 13.5 Å². The lowest BCUT2D eigenvalue weighted by atomic mass is 10.2. The summed E-state index contributed by atoms with van der Waals surface area (Å²) in [7, 11) is 2.08. The lowest BCUT2D eigenvalue weighted by Crippen LogP contribution is -2.50. The minimum atomic E-state index is 0.0204. The van der Waals surface area contributed by atoms with Gasteiger partial charge in [-0.25, -0.2) is 4.79 Å². The van der Waals surface area contributed by atoms with E-state index in [-0.39, 0.29) is 6.03 Å². The van der Waals surface area contributed by atoms with Crippen molar-refractivity contribution in [3.05, 3.63) is 29.8 Å². The van der Waals surface area contributed by atoms with Crippen molar-refractivity contribution < 1.29 is 9.53 Å². The largest absolute Gasteiger partial charge is 0.494 e. The zero-order valence-corrected chi connectivity index (χ0v) is 12.3. The number of nitrogens with one attached hydrogen (secondary N) is 1. The maximum Gasteiger partial charge on any atom is 0.317 e. The molecule has 0 radical (unpaired) electrons. The Morgan fingerprint density at radius 1 is 1.20 bits per heavy atom. The molecule has 0 spiro atoms. The van der Waals surface area contributed by atoms with Crippen LogP contribution in [0, 0.1) is 0 Å². The summed E-state index contributed by atoms with van der Waals surface area (Å²) in [5.41, 5.74) is 1.08. The molecule has 5 nitrogen and oxygen atoms in total. The molecule has 1 aromatic carbocycles. The first kappa shape index (κ1) is 14.7. The quantitative estimate of drug-likeness (QED) is 0.908. The van der Waals surface area contributed by atoms with Gasteiger partial charge in [-0.3, -0.25) is 0 Å². The van der Waals surface area contributed by atoms with E-state index in [1.807, 2.05) is 36.1 Å². The van der Waals surface area contributed by atoms with E-state index in [0.717, 1.165) is 37.5 Å². The third-order valence-electron chi connectivity index (χ3n) is 3.47. The molecule has 20 heavy (non-hydrogen) atoms. The van der Waals surface area contributed by atoms with Crippen LogP contribution in [0.15, 0.2) is 24.3 Å². The molecule has 1 saturated heterocycles. The second-order valence-corrected chi connectivity index (χ2v) is 5.03. The number of rotatable bonds is 4. The first-order chi connectivity index (χ1) is 9.69. The van der Waals surface area contributed by atoms with E-state index < -0.39 is 0 Å². The molecule has 1 N–H and O–H groups in total. The minimum Gasteiger partial charge on any atom is -0.494 e. The zero-order valence-electron chi connectivity index (χ0n) is 12.3. The maximum absolute atomic E-state index is 12.0. The standard InChI is InChI=1S/C15H23N3O2/c1-3-20-14-6-4-13(5-7-14)12-16-15(19)18-10-8-17(2)9-11-18/h4-7H,3,8-12H2,1-2H3,(H,16,19). The van der Waals surface area contributed by atoms with Crippen LogP contribution in [-0.4, -0.2) is 55.7 Å². The molecular formula is C15H23N3O2. The van der Waals surface area contributed by atoms with E-state index in [2.05, 4.69) is 17.3 Å². The first-order valence-electron chi connectivity index (χ1n) is 7.12. The molecule has 1 heterocycles. The van der Waals surface area contributed by atoms with Gasteiger partial charge in [-0.2, -0.15) is 0 Å². The van der Waals surface area contributed by atoms with E-state index in [0.29, 0.717) is 13.2 Å². The number of amides is 2. The highest BCUT2D eigenvalue weighted by Crippen LogP contribution is 2.12. The Kier molecular flexibility index (Phi) is 5.24. The van der Waals surface area contributed by atoms with Crippen LogP contribution in [0.5, 0.6) is 5.75 Å². The Balaban J connectivity index is 1.78. The van der Waals surface area contributed by atoms with Gasteiger partial charge in [0.2, 0.25) is 0 Å². The Morgan fingerprint density at radius 2 is 1.85 bits per heavy atom. The molecule has 0 aliphatic carbocycles. The van der Waals surface area contributed by atoms with Crippen molar-refractivity contribution in [3.63, 3.8) is 0 Å². The summed E-state index contributed by atoms with van der Waals surface area (Å²) < 4.78 is 5.39. The van der Waals surface area contributed by atoms with Crippen molar-refractivity contribution in [2.75, 3.05) is 39.8 Å². The third kappa shape index (κ3) is 4.13. The van der Waals surface area contributed by atoms with Crippen LogP contribution in [0.3, 0.4) is 0 Å². The molecule has 0 unspecified atom stereocenters. The lowest BCUT2D eigenvalue weighted by Gasteiger charge is -2.32. The predicted molar refractivity (Wildman–Crippen MR) is 78.9 cm³/mol. The highest BCUT2D eigenvalue weighted by molar-refractivity contribution is 5.74. The van der Waals surface area contributed by atoms with Gasteiger partial charge in [-0.05, 0) is 31.7 Å². The summed E-state index contributed by atoms with van der Waals surface area (Å²) in [5, 5.41) is 2.96. The molecule has 110 valence electrons. The Hall–Kier alpha value is -1.75. The van der Waals surface area contributed by atoms with Gasteiger partial charge in [0.25, 0.3) is 0 Å². The molecule has 1 fully saturated rings. The van der Waals surface area contributed by atoms with Gasteiger partial charge in [0, 0.05) is 32.7 Å². The monoisotopic (exact) mass is 277 g/mol. The number of nitrogens with zero attached hydrogens (tertiary/aromatic N) is 2. The second-order valence-electron chi connectivity index (χ2n) is 5.03. The second kappa shape index (κ2) is 7.14. The van der Waals surface area contributed by atoms with Crippen LogP contribution in [0.25, 0.3) is 0 Å². The van der Waals surface area contributed by atoms with Crippen molar-refractivity contribution >= 4 is 6.03 Å². The van der Waals surface area contributed by atoms with Gasteiger partial charge in [0.1, 0.15) is 5.75 Å². The van der Waals surface area contributed by atoms with Crippen molar-refractivity contribution in [1.29, 1.82) is 0 Å². The summed E-state index contributed by atoms with van der Waals surface area (Å²) >= 11 is 0. The molecule has 2 rings (SSSR count). The first-order valence-corrected chi connectivity index (χ1v) is 7.12. The summed E-state index contributed by atoms with van der Waals surface area (Å²) in [5.74, 6) is 0.863. The molecule has 1 aromatic rings. The fourth-order valence-electron chi connectivity index (χ4n) is 2.17. The highest BCUT2D eigenvalue weighted by Gasteiger charge is 2.18. The van der Waals surface area contributed by atoms with Gasteiger partial charge in [-0.15, -0.1) is 0 Å². The summed E-state index contributed by atoms with van der Waals surface area (Å²) in [6.07, 6.45) is 0. The normalized spacial score (nSPS) is 16.0. The van der Waals surface area contributed by atoms with Crippen LogP contribution >= 0.6 is 0 Å². The van der Waals surface area contributed by atoms with E-state index in [4.69, 9.17) is 4.74 Å². The molecular weight excluding hydrogens is 254 g/mol. The van der Waals surface area contributed by atoms with Gasteiger partial charge in [0.15, 0.2) is 0 Å². The molecule has 1 aliphatic rings. The molecule has 2 amide bonds. The number of piperazine rings is 1. The molecule has 0 bridgehead atoms. The molecule has 0 saturated carbocycles. The molecule has 5 heteroatoms. The van der Waals surface area contributed by atoms with E-state index >= 15 is 0 Å². The topological polar surface area (TPSA) is 44.8 Å². The van der Waals surface area contributed by atoms with Gasteiger partial charge >= 0.3 is 6.03 Å². The third-order valence-corrected chi connectivity index (χ3v) is 3.47. The van der Waals surface area contributed by atoms with Crippen LogP contribution < -0.4 is 10.1 Å². The van der Waals surface area contributed by atoms with Crippen LogP contribution in [0.2, 0.25) is 0 Å². The van der Waals surface area contributed by atoms with E-state index in [1.54, 1.807) is 0 Å². The number of ether oxygens (including phenoxy) is 1. The molecule has 1 aliphatic heterocycles. The van der Waals surface area contributed by atoms with Crippen LogP contribution in [0.4, 0.5) is 4.79 Å². The number of hydrogen-bond acceptors (Lipinski definition) is 3. The fraction of sp³-hybridized carbons (Fsp3) is 0.533. The van der Waals surface area contributed by atoms with E-state index in [9.17, 15) is 4.79 Å². The Labute approximate surface area is 120 Å². The molecule has 0 aromatic heterocycles. The van der Waals surface area contributed by atoms with E-state index in [1.165, 1.54) is 0 Å². The summed E-state index contributed by atoms with van der Waals surface area (Å²) in [6, 6.07) is 7.85. The maximum atomic E-state index is 12.0. The van der Waals surface area contributed by atoms with Crippen LogP contribution in [-0.2, 0) is 6.54 Å². The average molecular weight is 277 g/mol. The lowest BCUT2D eigenvalue weighted by molar-refractivity contribution is 0.154. The fourth-order valence-corrected chi connectivity index (χ4v) is 2.17. The molecule has 0 atom stereocenters. The predicted octanol–water partition coefficient (Wildman–Crippen LogP) is 1.54. The van der Waals surface area contributed by atoms with Crippen molar-refractivity contribution in [3.8, 4) is 5.75 Å². The summed E-state index contributed by atoms with van der Waals surface area (Å²) in [6.45, 7) is 6.66. The Bertz CT molecular complexity index is 425. The average Bonchev–Trinajstić information content (AvgIpc) is 2.47. The number of urea groups is 1. The van der Waals surface area contributed by atoms with Gasteiger partial charge in [-0.1, -0.05) is 12.1 Å². The van der Waals surface area contributed by atoms with Crippen molar-refractivity contribution in [1.82, 2.24) is 15.1 Å². The number of hydrogen-bond donors (Lipinski definition) is 1. The number of carbonyl (C=O) groups is 1. The number of likely N-dealkylation sites (N-methyl/N-ethyl adjacent to an activating group) is 1. The van der Waals surface area contributed by atoms with Gasteiger partial charge < -0.3 is 19.9 Å². The number of carbonyl (C=O) groups excluding carboxylic acids is 1. The minimum absolute atomic E-state index is 0.0204. The smallest absolute Gasteiger partial charge is 0.317 e. The zero-order chi connectivity index (χ0) is 14.4. The summed E-state index contributed by atoms with van der Waals surface area (Å²) in [4.78, 5) is 16.1. The van der Waals surface area contributed by atoms with Crippen molar-refractivity contribution in [2.24, 2.45) is 0 Å². The highest BCUT2D eigenvalue weighted by atomic mass is 16.5.